The Balaban J connectivity index is 2.09. The molecule has 0 aromatic heterocycles. The van der Waals surface area contributed by atoms with Crippen LogP contribution in [0.1, 0.15) is 34.7 Å². The second kappa shape index (κ2) is 8.13. The lowest BCUT2D eigenvalue weighted by Crippen LogP contribution is -2.34. The minimum atomic E-state index is -4.55. The average Bonchev–Trinajstić information content (AvgIpc) is 2.91. The van der Waals surface area contributed by atoms with Crippen LogP contribution in [-0.4, -0.2) is 31.1 Å². The second-order valence-corrected chi connectivity index (χ2v) is 6.75. The quantitative estimate of drug-likeness (QED) is 0.718. The molecule has 1 heterocycles. The molecule has 2 aromatic carbocycles. The Morgan fingerprint density at radius 1 is 0.786 bits per heavy atom. The Labute approximate surface area is 159 Å². The number of halogens is 6. The second-order valence-electron chi connectivity index (χ2n) is 6.75. The van der Waals surface area contributed by atoms with Crippen LogP contribution >= 0.6 is 0 Å². The van der Waals surface area contributed by atoms with E-state index >= 15 is 0 Å². The van der Waals surface area contributed by atoms with Crippen LogP contribution in [0.25, 0.3) is 0 Å². The SMILES string of the molecule is FC(F)(F)c1ccc(C(c2ccccc2C(F)(F)F)N2CCCNCC2)cc1. The van der Waals surface area contributed by atoms with Gasteiger partial charge >= 0.3 is 12.4 Å². The molecule has 1 aliphatic rings. The molecule has 0 aliphatic carbocycles. The van der Waals surface area contributed by atoms with Crippen LogP contribution in [0.5, 0.6) is 0 Å². The summed E-state index contributed by atoms with van der Waals surface area (Å²) < 4.78 is 79.6. The van der Waals surface area contributed by atoms with Gasteiger partial charge in [-0.1, -0.05) is 30.3 Å². The molecule has 0 bridgehead atoms. The first-order valence-corrected chi connectivity index (χ1v) is 8.96. The lowest BCUT2D eigenvalue weighted by molar-refractivity contribution is -0.139. The third-order valence-electron chi connectivity index (χ3n) is 4.85. The molecule has 1 saturated heterocycles. The Kier molecular flexibility index (Phi) is 6.00. The summed E-state index contributed by atoms with van der Waals surface area (Å²) in [5, 5.41) is 3.20. The van der Waals surface area contributed by atoms with Crippen LogP contribution in [0.2, 0.25) is 0 Å². The third kappa shape index (κ3) is 4.67. The van der Waals surface area contributed by atoms with Gasteiger partial charge in [0.25, 0.3) is 0 Å². The van der Waals surface area contributed by atoms with Gasteiger partial charge in [0, 0.05) is 19.6 Å². The number of benzene rings is 2. The third-order valence-corrected chi connectivity index (χ3v) is 4.85. The summed E-state index contributed by atoms with van der Waals surface area (Å²) in [6, 6.07) is 8.89. The maximum Gasteiger partial charge on any atom is 0.416 e. The molecular weight excluding hydrogens is 382 g/mol. The van der Waals surface area contributed by atoms with Gasteiger partial charge in [0.2, 0.25) is 0 Å². The van der Waals surface area contributed by atoms with E-state index in [1.54, 1.807) is 0 Å². The summed E-state index contributed by atoms with van der Waals surface area (Å²) >= 11 is 0. The molecule has 152 valence electrons. The van der Waals surface area contributed by atoms with Gasteiger partial charge in [0.05, 0.1) is 17.2 Å². The number of hydrogen-bond donors (Lipinski definition) is 1. The maximum atomic E-state index is 13.6. The summed E-state index contributed by atoms with van der Waals surface area (Å²) in [6.07, 6.45) is -8.30. The summed E-state index contributed by atoms with van der Waals surface area (Å²) in [7, 11) is 0. The molecule has 1 atom stereocenters. The van der Waals surface area contributed by atoms with Crippen LogP contribution in [0.4, 0.5) is 26.3 Å². The maximum absolute atomic E-state index is 13.6. The number of nitrogens with zero attached hydrogens (tertiary/aromatic N) is 1. The van der Waals surface area contributed by atoms with E-state index in [-0.39, 0.29) is 5.56 Å². The zero-order valence-corrected chi connectivity index (χ0v) is 14.9. The van der Waals surface area contributed by atoms with E-state index in [4.69, 9.17) is 0 Å². The number of nitrogens with one attached hydrogen (secondary N) is 1. The molecule has 1 unspecified atom stereocenters. The van der Waals surface area contributed by atoms with Gasteiger partial charge in [-0.2, -0.15) is 26.3 Å². The molecule has 1 aliphatic heterocycles. The van der Waals surface area contributed by atoms with Crippen molar-refractivity contribution in [1.29, 1.82) is 0 Å². The van der Waals surface area contributed by atoms with E-state index in [0.717, 1.165) is 31.2 Å². The van der Waals surface area contributed by atoms with Crippen molar-refractivity contribution in [1.82, 2.24) is 10.2 Å². The molecule has 3 rings (SSSR count). The van der Waals surface area contributed by atoms with Gasteiger partial charge < -0.3 is 5.32 Å². The summed E-state index contributed by atoms with van der Waals surface area (Å²) in [4.78, 5) is 1.90. The van der Waals surface area contributed by atoms with Crippen LogP contribution < -0.4 is 5.32 Å². The largest absolute Gasteiger partial charge is 0.416 e. The van der Waals surface area contributed by atoms with Gasteiger partial charge in [-0.25, -0.2) is 0 Å². The van der Waals surface area contributed by atoms with E-state index in [9.17, 15) is 26.3 Å². The fraction of sp³-hybridized carbons (Fsp3) is 0.400. The first kappa shape index (κ1) is 20.7. The topological polar surface area (TPSA) is 15.3 Å². The van der Waals surface area contributed by atoms with E-state index < -0.39 is 29.5 Å². The number of rotatable bonds is 3. The van der Waals surface area contributed by atoms with E-state index in [0.29, 0.717) is 25.2 Å². The zero-order valence-electron chi connectivity index (χ0n) is 14.9. The molecule has 0 amide bonds. The van der Waals surface area contributed by atoms with Gasteiger partial charge in [-0.3, -0.25) is 4.90 Å². The predicted molar refractivity (Wildman–Crippen MR) is 93.8 cm³/mol. The molecule has 2 nitrogen and oxygen atoms in total. The highest BCUT2D eigenvalue weighted by Crippen LogP contribution is 2.40. The molecule has 28 heavy (non-hydrogen) atoms. The fourth-order valence-electron chi connectivity index (χ4n) is 3.56. The highest BCUT2D eigenvalue weighted by molar-refractivity contribution is 5.40. The molecular formula is C20H20F6N2. The van der Waals surface area contributed by atoms with E-state index in [1.807, 2.05) is 4.90 Å². The van der Waals surface area contributed by atoms with Crippen molar-refractivity contribution in [2.75, 3.05) is 26.2 Å². The van der Waals surface area contributed by atoms with Crippen molar-refractivity contribution in [2.24, 2.45) is 0 Å². The van der Waals surface area contributed by atoms with Gasteiger partial charge in [-0.05, 0) is 42.3 Å². The van der Waals surface area contributed by atoms with Crippen LogP contribution in [-0.2, 0) is 12.4 Å². The summed E-state index contributed by atoms with van der Waals surface area (Å²) in [5.41, 5.74) is -1.13. The molecule has 1 N–H and O–H groups in total. The molecule has 8 heteroatoms. The van der Waals surface area contributed by atoms with Gasteiger partial charge in [0.15, 0.2) is 0 Å². The monoisotopic (exact) mass is 402 g/mol. The van der Waals surface area contributed by atoms with Crippen LogP contribution in [0.3, 0.4) is 0 Å². The molecule has 2 aromatic rings. The normalized spacial score (nSPS) is 17.9. The minimum absolute atomic E-state index is 0.0525. The fourth-order valence-corrected chi connectivity index (χ4v) is 3.56. The molecule has 1 fully saturated rings. The van der Waals surface area contributed by atoms with Crippen molar-refractivity contribution in [2.45, 2.75) is 24.8 Å². The van der Waals surface area contributed by atoms with Gasteiger partial charge in [0.1, 0.15) is 0 Å². The molecule has 0 saturated carbocycles. The van der Waals surface area contributed by atoms with Crippen molar-refractivity contribution < 1.29 is 26.3 Å². The van der Waals surface area contributed by atoms with Crippen molar-refractivity contribution in [3.63, 3.8) is 0 Å². The lowest BCUT2D eigenvalue weighted by Gasteiger charge is -2.33. The molecule has 0 radical (unpaired) electrons. The van der Waals surface area contributed by atoms with Crippen molar-refractivity contribution in [3.05, 3.63) is 70.8 Å². The standard InChI is InChI=1S/C20H20F6N2/c21-19(22,23)15-8-6-14(7-9-15)18(28-12-3-10-27-11-13-28)16-4-1-2-5-17(16)20(24,25)26/h1-2,4-9,18,27H,3,10-13H2. The number of alkyl halides is 6. The van der Waals surface area contributed by atoms with Gasteiger partial charge in [-0.15, -0.1) is 0 Å². The van der Waals surface area contributed by atoms with E-state index in [2.05, 4.69) is 5.32 Å². The highest BCUT2D eigenvalue weighted by Gasteiger charge is 2.37. The Bertz CT molecular complexity index is 775. The van der Waals surface area contributed by atoms with Crippen molar-refractivity contribution >= 4 is 0 Å². The Morgan fingerprint density at radius 3 is 2.11 bits per heavy atom. The lowest BCUT2D eigenvalue weighted by atomic mass is 9.92. The van der Waals surface area contributed by atoms with Crippen LogP contribution in [0, 0.1) is 0 Å². The highest BCUT2D eigenvalue weighted by atomic mass is 19.4. The summed E-state index contributed by atoms with van der Waals surface area (Å²) in [6.45, 7) is 2.39. The Morgan fingerprint density at radius 2 is 1.46 bits per heavy atom. The first-order valence-electron chi connectivity index (χ1n) is 8.96. The molecule has 0 spiro atoms. The smallest absolute Gasteiger partial charge is 0.315 e. The van der Waals surface area contributed by atoms with Crippen molar-refractivity contribution in [3.8, 4) is 0 Å². The minimum Gasteiger partial charge on any atom is -0.315 e. The zero-order chi connectivity index (χ0) is 20.4. The average molecular weight is 402 g/mol. The van der Waals surface area contributed by atoms with E-state index in [1.165, 1.54) is 30.3 Å². The summed E-state index contributed by atoms with van der Waals surface area (Å²) in [5.74, 6) is 0. The predicted octanol–water partition coefficient (Wildman–Crippen LogP) is 5.11. The van der Waals surface area contributed by atoms with Crippen LogP contribution in [0.15, 0.2) is 48.5 Å². The number of hydrogen-bond acceptors (Lipinski definition) is 2. The first-order chi connectivity index (χ1) is 13.2. The Hall–Kier alpha value is -2.06.